The highest BCUT2D eigenvalue weighted by Gasteiger charge is 2.07. The number of benzene rings is 2. The van der Waals surface area contributed by atoms with Crippen LogP contribution in [-0.4, -0.2) is 11.7 Å². The van der Waals surface area contributed by atoms with Gasteiger partial charge in [-0.2, -0.15) is 0 Å². The van der Waals surface area contributed by atoms with Gasteiger partial charge < -0.3 is 11.1 Å². The first-order valence-corrected chi connectivity index (χ1v) is 8.28. The van der Waals surface area contributed by atoms with Crippen LogP contribution in [0.1, 0.15) is 11.1 Å². The van der Waals surface area contributed by atoms with E-state index in [0.29, 0.717) is 5.75 Å². The average Bonchev–Trinajstić information content (AvgIpc) is 2.41. The summed E-state index contributed by atoms with van der Waals surface area (Å²) in [6, 6.07) is 11.5. The Kier molecular flexibility index (Phi) is 5.31. The molecule has 21 heavy (non-hydrogen) atoms. The van der Waals surface area contributed by atoms with Gasteiger partial charge in [-0.1, -0.05) is 15.9 Å². The molecule has 0 fully saturated rings. The Balaban J connectivity index is 1.96. The third-order valence-corrected chi connectivity index (χ3v) is 4.69. The largest absolute Gasteiger partial charge is 0.399 e. The number of aryl methyl sites for hydroxylation is 2. The first kappa shape index (κ1) is 15.9. The standard InChI is InChI=1S/C16H17BrN2OS/c1-10-7-12(17)3-5-14(10)19-16(20)9-21-15-6-4-13(18)8-11(15)2/h3-8H,9,18H2,1-2H3,(H,19,20). The van der Waals surface area contributed by atoms with Gasteiger partial charge in [0.15, 0.2) is 0 Å². The summed E-state index contributed by atoms with van der Waals surface area (Å²) in [7, 11) is 0. The number of carbonyl (C=O) groups is 1. The lowest BCUT2D eigenvalue weighted by Gasteiger charge is -2.10. The fourth-order valence-corrected chi connectivity index (χ4v) is 3.22. The summed E-state index contributed by atoms with van der Waals surface area (Å²) in [6.07, 6.45) is 0. The molecule has 0 radical (unpaired) electrons. The number of anilines is 2. The van der Waals surface area contributed by atoms with Crippen LogP contribution < -0.4 is 11.1 Å². The summed E-state index contributed by atoms with van der Waals surface area (Å²) in [5, 5.41) is 2.93. The monoisotopic (exact) mass is 364 g/mol. The number of nitrogen functional groups attached to an aromatic ring is 1. The SMILES string of the molecule is Cc1cc(Br)ccc1NC(=O)CSc1ccc(N)cc1C. The van der Waals surface area contributed by atoms with Crippen LogP contribution in [0.3, 0.4) is 0 Å². The van der Waals surface area contributed by atoms with Crippen LogP contribution in [0.2, 0.25) is 0 Å². The highest BCUT2D eigenvalue weighted by atomic mass is 79.9. The van der Waals surface area contributed by atoms with Crippen molar-refractivity contribution in [1.29, 1.82) is 0 Å². The van der Waals surface area contributed by atoms with Gasteiger partial charge >= 0.3 is 0 Å². The fraction of sp³-hybridized carbons (Fsp3) is 0.188. The molecular weight excluding hydrogens is 348 g/mol. The number of rotatable bonds is 4. The summed E-state index contributed by atoms with van der Waals surface area (Å²) in [5.74, 6) is 0.363. The van der Waals surface area contributed by atoms with Crippen molar-refractivity contribution in [3.05, 3.63) is 52.0 Å². The second kappa shape index (κ2) is 7.00. The van der Waals surface area contributed by atoms with Crippen LogP contribution in [-0.2, 0) is 4.79 Å². The Morgan fingerprint density at radius 2 is 1.95 bits per heavy atom. The quantitative estimate of drug-likeness (QED) is 0.625. The maximum atomic E-state index is 12.0. The molecule has 1 amide bonds. The van der Waals surface area contributed by atoms with E-state index >= 15 is 0 Å². The zero-order valence-corrected chi connectivity index (χ0v) is 14.3. The molecule has 0 aliphatic heterocycles. The van der Waals surface area contributed by atoms with Crippen LogP contribution in [0.5, 0.6) is 0 Å². The van der Waals surface area contributed by atoms with Gasteiger partial charge in [0.1, 0.15) is 0 Å². The van der Waals surface area contributed by atoms with E-state index in [-0.39, 0.29) is 5.91 Å². The van der Waals surface area contributed by atoms with Gasteiger partial charge in [0.05, 0.1) is 5.75 Å². The second-order valence-electron chi connectivity index (χ2n) is 4.82. The first-order chi connectivity index (χ1) is 9.95. The minimum absolute atomic E-state index is 0.0124. The highest BCUT2D eigenvalue weighted by molar-refractivity contribution is 9.10. The van der Waals surface area contributed by atoms with Gasteiger partial charge in [-0.3, -0.25) is 4.79 Å². The maximum absolute atomic E-state index is 12.0. The third kappa shape index (κ3) is 4.51. The van der Waals surface area contributed by atoms with Gasteiger partial charge in [-0.05, 0) is 61.4 Å². The van der Waals surface area contributed by atoms with E-state index < -0.39 is 0 Å². The molecule has 0 aliphatic carbocycles. The van der Waals surface area contributed by atoms with Crippen molar-refractivity contribution < 1.29 is 4.79 Å². The van der Waals surface area contributed by atoms with E-state index in [0.717, 1.165) is 31.9 Å². The lowest BCUT2D eigenvalue weighted by Crippen LogP contribution is -2.14. The molecule has 0 unspecified atom stereocenters. The molecule has 2 aromatic rings. The highest BCUT2D eigenvalue weighted by Crippen LogP contribution is 2.25. The van der Waals surface area contributed by atoms with Crippen LogP contribution in [0.25, 0.3) is 0 Å². The Hall–Kier alpha value is -1.46. The summed E-state index contributed by atoms with van der Waals surface area (Å²) < 4.78 is 1.00. The molecule has 2 aromatic carbocycles. The van der Waals surface area contributed by atoms with Gasteiger partial charge in [0.2, 0.25) is 5.91 Å². The van der Waals surface area contributed by atoms with E-state index in [4.69, 9.17) is 5.73 Å². The molecule has 2 rings (SSSR count). The molecule has 0 saturated heterocycles. The Morgan fingerprint density at radius 1 is 1.19 bits per heavy atom. The molecule has 0 aromatic heterocycles. The lowest BCUT2D eigenvalue weighted by molar-refractivity contribution is -0.113. The normalized spacial score (nSPS) is 10.4. The van der Waals surface area contributed by atoms with Gasteiger partial charge in [-0.25, -0.2) is 0 Å². The molecule has 0 atom stereocenters. The molecule has 3 N–H and O–H groups in total. The zero-order chi connectivity index (χ0) is 15.4. The molecule has 0 aliphatic rings. The van der Waals surface area contributed by atoms with E-state index in [1.807, 2.05) is 50.2 Å². The van der Waals surface area contributed by atoms with Crippen molar-refractivity contribution in [2.24, 2.45) is 0 Å². The number of hydrogen-bond acceptors (Lipinski definition) is 3. The first-order valence-electron chi connectivity index (χ1n) is 6.50. The number of hydrogen-bond donors (Lipinski definition) is 2. The smallest absolute Gasteiger partial charge is 0.234 e. The van der Waals surface area contributed by atoms with Crippen LogP contribution in [0, 0.1) is 13.8 Å². The van der Waals surface area contributed by atoms with Crippen LogP contribution in [0.4, 0.5) is 11.4 Å². The molecule has 0 heterocycles. The van der Waals surface area contributed by atoms with Crippen molar-refractivity contribution in [3.8, 4) is 0 Å². The molecule has 5 heteroatoms. The number of amides is 1. The van der Waals surface area contributed by atoms with Crippen molar-refractivity contribution in [2.75, 3.05) is 16.8 Å². The number of carbonyl (C=O) groups excluding carboxylic acids is 1. The molecular formula is C16H17BrN2OS. The predicted octanol–water partition coefficient (Wildman–Crippen LogP) is 4.38. The van der Waals surface area contributed by atoms with E-state index in [9.17, 15) is 4.79 Å². The lowest BCUT2D eigenvalue weighted by atomic mass is 10.2. The average molecular weight is 365 g/mol. The van der Waals surface area contributed by atoms with Crippen molar-refractivity contribution in [1.82, 2.24) is 0 Å². The number of nitrogens with two attached hydrogens (primary N) is 1. The maximum Gasteiger partial charge on any atom is 0.234 e. The Labute approximate surface area is 137 Å². The minimum Gasteiger partial charge on any atom is -0.399 e. The van der Waals surface area contributed by atoms with Crippen molar-refractivity contribution in [2.45, 2.75) is 18.7 Å². The van der Waals surface area contributed by atoms with Crippen molar-refractivity contribution >= 4 is 45.0 Å². The van der Waals surface area contributed by atoms with E-state index in [1.54, 1.807) is 0 Å². The van der Waals surface area contributed by atoms with Crippen LogP contribution >= 0.6 is 27.7 Å². The minimum atomic E-state index is -0.0124. The molecule has 110 valence electrons. The fourth-order valence-electron chi connectivity index (χ4n) is 1.93. The number of nitrogens with one attached hydrogen (secondary N) is 1. The second-order valence-corrected chi connectivity index (χ2v) is 6.75. The van der Waals surface area contributed by atoms with Gasteiger partial charge in [-0.15, -0.1) is 11.8 Å². The number of thioether (sulfide) groups is 1. The van der Waals surface area contributed by atoms with Crippen LogP contribution in [0.15, 0.2) is 45.8 Å². The third-order valence-electron chi connectivity index (χ3n) is 3.02. The predicted molar refractivity (Wildman–Crippen MR) is 93.8 cm³/mol. The number of halogens is 1. The molecule has 0 spiro atoms. The Bertz CT molecular complexity index is 673. The topological polar surface area (TPSA) is 55.1 Å². The Morgan fingerprint density at radius 3 is 2.62 bits per heavy atom. The van der Waals surface area contributed by atoms with E-state index in [1.165, 1.54) is 11.8 Å². The van der Waals surface area contributed by atoms with Gasteiger partial charge in [0, 0.05) is 20.7 Å². The molecule has 0 saturated carbocycles. The summed E-state index contributed by atoms with van der Waals surface area (Å²) in [6.45, 7) is 3.97. The van der Waals surface area contributed by atoms with E-state index in [2.05, 4.69) is 21.2 Å². The zero-order valence-electron chi connectivity index (χ0n) is 11.9. The summed E-state index contributed by atoms with van der Waals surface area (Å²) >= 11 is 4.93. The molecule has 3 nitrogen and oxygen atoms in total. The summed E-state index contributed by atoms with van der Waals surface area (Å²) in [5.41, 5.74) is 9.43. The summed E-state index contributed by atoms with van der Waals surface area (Å²) in [4.78, 5) is 13.1. The van der Waals surface area contributed by atoms with Gasteiger partial charge in [0.25, 0.3) is 0 Å². The van der Waals surface area contributed by atoms with Crippen molar-refractivity contribution in [3.63, 3.8) is 0 Å². The molecule has 0 bridgehead atoms.